The fourth-order valence-corrected chi connectivity index (χ4v) is 2.25. The van der Waals surface area contributed by atoms with Crippen LogP contribution in [-0.4, -0.2) is 39.1 Å². The van der Waals surface area contributed by atoms with Gasteiger partial charge in [0.15, 0.2) is 0 Å². The number of aromatic nitrogens is 5. The second-order valence-corrected chi connectivity index (χ2v) is 5.25. The van der Waals surface area contributed by atoms with Gasteiger partial charge in [0.1, 0.15) is 5.75 Å². The second-order valence-electron chi connectivity index (χ2n) is 5.25. The fraction of sp³-hybridized carbons (Fsp3) is 0.250. The van der Waals surface area contributed by atoms with E-state index in [0.717, 1.165) is 22.6 Å². The van der Waals surface area contributed by atoms with Crippen LogP contribution in [-0.2, 0) is 13.6 Å². The van der Waals surface area contributed by atoms with Crippen LogP contribution in [0, 0.1) is 0 Å². The molecule has 3 rings (SSSR count). The molecule has 0 aliphatic rings. The van der Waals surface area contributed by atoms with Crippen molar-refractivity contribution in [2.45, 2.75) is 6.54 Å². The van der Waals surface area contributed by atoms with Crippen LogP contribution in [0.15, 0.2) is 42.9 Å². The Hall–Kier alpha value is -2.96. The van der Waals surface area contributed by atoms with E-state index >= 15 is 0 Å². The minimum Gasteiger partial charge on any atom is -0.497 e. The first-order valence-corrected chi connectivity index (χ1v) is 7.18. The molecule has 2 aromatic heterocycles. The predicted octanol–water partition coefficient (Wildman–Crippen LogP) is 1.92. The lowest BCUT2D eigenvalue weighted by molar-refractivity contribution is 0.415. The molecule has 118 valence electrons. The first-order chi connectivity index (χ1) is 11.2. The largest absolute Gasteiger partial charge is 0.497 e. The van der Waals surface area contributed by atoms with E-state index in [9.17, 15) is 0 Å². The van der Waals surface area contributed by atoms with Crippen molar-refractivity contribution in [2.24, 2.45) is 7.05 Å². The van der Waals surface area contributed by atoms with E-state index in [1.165, 1.54) is 0 Å². The summed E-state index contributed by atoms with van der Waals surface area (Å²) < 4.78 is 6.94. The molecule has 0 fully saturated rings. The zero-order chi connectivity index (χ0) is 16.2. The summed E-state index contributed by atoms with van der Waals surface area (Å²) >= 11 is 0. The minimum absolute atomic E-state index is 0.571. The Morgan fingerprint density at radius 2 is 1.96 bits per heavy atom. The summed E-state index contributed by atoms with van der Waals surface area (Å²) in [6, 6.07) is 7.70. The monoisotopic (exact) mass is 310 g/mol. The number of hydrogen-bond acceptors (Lipinski definition) is 6. The molecular weight excluding hydrogens is 292 g/mol. The third kappa shape index (κ3) is 3.45. The molecule has 23 heavy (non-hydrogen) atoms. The molecule has 7 nitrogen and oxygen atoms in total. The number of anilines is 1. The summed E-state index contributed by atoms with van der Waals surface area (Å²) in [5.41, 5.74) is 2.83. The molecule has 0 N–H and O–H groups in total. The van der Waals surface area contributed by atoms with Gasteiger partial charge >= 0.3 is 0 Å². The van der Waals surface area contributed by atoms with Gasteiger partial charge in [-0.05, 0) is 24.3 Å². The van der Waals surface area contributed by atoms with Crippen LogP contribution in [0.2, 0.25) is 0 Å². The molecule has 1 aromatic carbocycles. The predicted molar refractivity (Wildman–Crippen MR) is 87.1 cm³/mol. The highest BCUT2D eigenvalue weighted by Crippen LogP contribution is 2.21. The third-order valence-corrected chi connectivity index (χ3v) is 3.45. The molecule has 0 radical (unpaired) electrons. The standard InChI is InChI=1S/C16H18N6O/c1-21(10-12-8-18-22(2)11-12)16-19-15(9-17-20-16)13-4-6-14(23-3)7-5-13/h4-9,11H,10H2,1-3H3. The molecular formula is C16H18N6O. The van der Waals surface area contributed by atoms with Gasteiger partial charge in [0.05, 0.1) is 25.2 Å². The van der Waals surface area contributed by atoms with E-state index in [-0.39, 0.29) is 0 Å². The smallest absolute Gasteiger partial charge is 0.245 e. The maximum absolute atomic E-state index is 5.17. The third-order valence-electron chi connectivity index (χ3n) is 3.45. The molecule has 0 aliphatic heterocycles. The molecule has 2 heterocycles. The average Bonchev–Trinajstić information content (AvgIpc) is 3.00. The molecule has 3 aromatic rings. The summed E-state index contributed by atoms with van der Waals surface area (Å²) in [5.74, 6) is 1.38. The Balaban J connectivity index is 1.80. The summed E-state index contributed by atoms with van der Waals surface area (Å²) in [7, 11) is 5.47. The van der Waals surface area contributed by atoms with E-state index in [1.54, 1.807) is 18.0 Å². The van der Waals surface area contributed by atoms with Crippen molar-refractivity contribution < 1.29 is 4.74 Å². The van der Waals surface area contributed by atoms with E-state index in [1.807, 2.05) is 55.7 Å². The van der Waals surface area contributed by atoms with E-state index in [0.29, 0.717) is 12.5 Å². The van der Waals surface area contributed by atoms with Crippen LogP contribution in [0.5, 0.6) is 5.75 Å². The van der Waals surface area contributed by atoms with Crippen molar-refractivity contribution in [3.05, 3.63) is 48.4 Å². The second kappa shape index (κ2) is 6.43. The SMILES string of the molecule is COc1ccc(-c2cnnc(N(C)Cc3cnn(C)c3)n2)cc1. The number of rotatable bonds is 5. The summed E-state index contributed by atoms with van der Waals surface area (Å²) in [6.07, 6.45) is 5.46. The quantitative estimate of drug-likeness (QED) is 0.717. The number of methoxy groups -OCH3 is 1. The van der Waals surface area contributed by atoms with Crippen molar-refractivity contribution in [1.82, 2.24) is 25.0 Å². The van der Waals surface area contributed by atoms with Gasteiger partial charge < -0.3 is 9.64 Å². The molecule has 0 bridgehead atoms. The summed E-state index contributed by atoms with van der Waals surface area (Å²) in [5, 5.41) is 12.3. The Morgan fingerprint density at radius 1 is 1.17 bits per heavy atom. The number of nitrogens with zero attached hydrogens (tertiary/aromatic N) is 6. The number of aryl methyl sites for hydroxylation is 1. The Morgan fingerprint density at radius 3 is 2.61 bits per heavy atom. The van der Waals surface area contributed by atoms with Crippen molar-refractivity contribution in [3.8, 4) is 17.0 Å². The number of ether oxygens (including phenoxy) is 1. The maximum Gasteiger partial charge on any atom is 0.245 e. The zero-order valence-corrected chi connectivity index (χ0v) is 13.3. The Kier molecular flexibility index (Phi) is 4.18. The van der Waals surface area contributed by atoms with Crippen LogP contribution in [0.4, 0.5) is 5.95 Å². The molecule has 0 unspecified atom stereocenters. The van der Waals surface area contributed by atoms with Crippen molar-refractivity contribution >= 4 is 5.95 Å². The molecule has 0 atom stereocenters. The average molecular weight is 310 g/mol. The lowest BCUT2D eigenvalue weighted by Gasteiger charge is -2.15. The van der Waals surface area contributed by atoms with Crippen molar-refractivity contribution in [3.63, 3.8) is 0 Å². The lowest BCUT2D eigenvalue weighted by atomic mass is 10.1. The summed E-state index contributed by atoms with van der Waals surface area (Å²) in [4.78, 5) is 6.53. The van der Waals surface area contributed by atoms with Crippen molar-refractivity contribution in [1.29, 1.82) is 0 Å². The van der Waals surface area contributed by atoms with E-state index < -0.39 is 0 Å². The fourth-order valence-electron chi connectivity index (χ4n) is 2.25. The Labute approximate surface area is 134 Å². The molecule has 0 saturated carbocycles. The van der Waals surface area contributed by atoms with E-state index in [2.05, 4.69) is 20.3 Å². The van der Waals surface area contributed by atoms with Crippen molar-refractivity contribution in [2.75, 3.05) is 19.1 Å². The van der Waals surface area contributed by atoms with E-state index in [4.69, 9.17) is 4.74 Å². The molecule has 0 aliphatic carbocycles. The number of benzene rings is 1. The highest BCUT2D eigenvalue weighted by molar-refractivity contribution is 5.60. The highest BCUT2D eigenvalue weighted by atomic mass is 16.5. The molecule has 7 heteroatoms. The lowest BCUT2D eigenvalue weighted by Crippen LogP contribution is -2.19. The van der Waals surface area contributed by atoms with Crippen LogP contribution < -0.4 is 9.64 Å². The van der Waals surface area contributed by atoms with Gasteiger partial charge in [0, 0.05) is 38.0 Å². The van der Waals surface area contributed by atoms with Gasteiger partial charge in [-0.15, -0.1) is 5.10 Å². The van der Waals surface area contributed by atoms with Gasteiger partial charge in [-0.1, -0.05) is 0 Å². The van der Waals surface area contributed by atoms with Crippen LogP contribution in [0.1, 0.15) is 5.56 Å². The minimum atomic E-state index is 0.571. The molecule has 0 spiro atoms. The van der Waals surface area contributed by atoms with Crippen LogP contribution >= 0.6 is 0 Å². The molecule has 0 amide bonds. The first kappa shape index (κ1) is 15.0. The van der Waals surface area contributed by atoms with Gasteiger partial charge in [-0.3, -0.25) is 4.68 Å². The van der Waals surface area contributed by atoms with Gasteiger partial charge in [-0.2, -0.15) is 10.2 Å². The highest BCUT2D eigenvalue weighted by Gasteiger charge is 2.09. The van der Waals surface area contributed by atoms with Gasteiger partial charge in [-0.25, -0.2) is 4.98 Å². The van der Waals surface area contributed by atoms with Crippen LogP contribution in [0.25, 0.3) is 11.3 Å². The topological polar surface area (TPSA) is 69.0 Å². The van der Waals surface area contributed by atoms with Gasteiger partial charge in [0.25, 0.3) is 0 Å². The van der Waals surface area contributed by atoms with Crippen LogP contribution in [0.3, 0.4) is 0 Å². The summed E-state index contributed by atoms with van der Waals surface area (Å²) in [6.45, 7) is 0.668. The zero-order valence-electron chi connectivity index (χ0n) is 13.3. The Bertz CT molecular complexity index is 783. The maximum atomic E-state index is 5.17. The molecule has 0 saturated heterocycles. The van der Waals surface area contributed by atoms with Gasteiger partial charge in [0.2, 0.25) is 5.95 Å². The first-order valence-electron chi connectivity index (χ1n) is 7.18. The number of hydrogen-bond donors (Lipinski definition) is 0. The normalized spacial score (nSPS) is 10.6.